The minimum Gasteiger partial charge on any atom is -0.503 e. The number of β-lactam (4-membered cyclic amide) rings is 1. The molecule has 3 aromatic rings. The van der Waals surface area contributed by atoms with Crippen LogP contribution in [-0.4, -0.2) is 86.7 Å². The fraction of sp³-hybridized carbons (Fsp3) is 0.238. The van der Waals surface area contributed by atoms with Gasteiger partial charge in [0.15, 0.2) is 23.2 Å². The first-order chi connectivity index (χ1) is 19.6. The molecule has 16 nitrogen and oxygen atoms in total. The number of hydrogen-bond donors (Lipinski definition) is 5. The normalized spacial score (nSPS) is 18.6. The molecule has 5 heterocycles. The lowest BCUT2D eigenvalue weighted by molar-refractivity contribution is -0.153. The van der Waals surface area contributed by atoms with Crippen molar-refractivity contribution in [2.45, 2.75) is 22.9 Å². The minimum absolute atomic E-state index is 0.0433. The summed E-state index contributed by atoms with van der Waals surface area (Å²) in [5.74, 6) is -2.73. The molecule has 2 atom stereocenters. The van der Waals surface area contributed by atoms with Crippen molar-refractivity contribution in [2.24, 2.45) is 5.16 Å². The Balaban J connectivity index is 1.31. The zero-order valence-corrected chi connectivity index (χ0v) is 23.6. The van der Waals surface area contributed by atoms with Crippen molar-refractivity contribution in [3.05, 3.63) is 56.1 Å². The fourth-order valence-corrected chi connectivity index (χ4v) is 7.25. The Morgan fingerprint density at radius 1 is 1.34 bits per heavy atom. The number of hydrogen-bond acceptors (Lipinski definition) is 16. The van der Waals surface area contributed by atoms with Crippen LogP contribution in [0.1, 0.15) is 11.4 Å². The van der Waals surface area contributed by atoms with Gasteiger partial charge in [-0.2, -0.15) is 4.73 Å². The Bertz CT molecular complexity index is 1640. The smallest absolute Gasteiger partial charge is 0.353 e. The minimum atomic E-state index is -1.26. The van der Waals surface area contributed by atoms with E-state index in [4.69, 9.17) is 10.6 Å². The van der Waals surface area contributed by atoms with Gasteiger partial charge in [0, 0.05) is 27.9 Å². The van der Waals surface area contributed by atoms with Crippen LogP contribution in [0.15, 0.2) is 48.6 Å². The van der Waals surface area contributed by atoms with Gasteiger partial charge in [0.25, 0.3) is 11.8 Å². The van der Waals surface area contributed by atoms with Gasteiger partial charge in [-0.05, 0) is 11.5 Å². The number of nitrogens with zero attached hydrogens (tertiary/aromatic N) is 6. The van der Waals surface area contributed by atoms with E-state index in [1.807, 2.05) is 0 Å². The Kier molecular flexibility index (Phi) is 8.15. The lowest BCUT2D eigenvalue weighted by Gasteiger charge is -2.49. The number of pyridine rings is 1. The number of fused-ring (bicyclic) bond motifs is 1. The standard InChI is InChI=1S/C21H18N8O8S4/c22-21-24-9(5-40-21)15(26-37-4-8-1-11(30)12(31)3-28(8)36)18(32)25-16-10-6-38-13(7-39-14-2-23-27-41-14)17(20(34)35)29(10)19(16)33/h1-3,5,10,16,31,36H,4,6-7H2,(H2,22,24)(H,25,32)(H,34,35)/b26-15-/t10-,16+/m1/s1. The average Bonchev–Trinajstić information content (AvgIpc) is 3.62. The van der Waals surface area contributed by atoms with Crippen molar-refractivity contribution in [3.8, 4) is 5.75 Å². The molecular weight excluding hydrogens is 621 g/mol. The van der Waals surface area contributed by atoms with Crippen LogP contribution in [0.25, 0.3) is 0 Å². The van der Waals surface area contributed by atoms with Crippen molar-refractivity contribution in [3.63, 3.8) is 0 Å². The maximum Gasteiger partial charge on any atom is 0.353 e. The molecule has 214 valence electrons. The summed E-state index contributed by atoms with van der Waals surface area (Å²) in [6, 6.07) is -0.738. The number of nitrogens with two attached hydrogens (primary N) is 1. The average molecular weight is 639 g/mol. The van der Waals surface area contributed by atoms with Gasteiger partial charge < -0.3 is 31.3 Å². The molecule has 20 heteroatoms. The zero-order chi connectivity index (χ0) is 29.3. The lowest BCUT2D eigenvalue weighted by atomic mass is 9.94. The zero-order valence-electron chi connectivity index (χ0n) is 20.4. The number of carboxylic acids is 1. The number of carbonyl (C=O) groups is 3. The number of thioether (sulfide) groups is 2. The van der Waals surface area contributed by atoms with Gasteiger partial charge in [0.05, 0.1) is 18.4 Å². The van der Waals surface area contributed by atoms with E-state index in [0.29, 0.717) is 21.1 Å². The molecule has 0 saturated carbocycles. The second kappa shape index (κ2) is 11.8. The maximum absolute atomic E-state index is 13.2. The molecule has 0 bridgehead atoms. The third-order valence-corrected chi connectivity index (χ3v) is 9.68. The predicted octanol–water partition coefficient (Wildman–Crippen LogP) is 0.133. The van der Waals surface area contributed by atoms with Crippen LogP contribution >= 0.6 is 46.4 Å². The Hall–Kier alpha value is -4.14. The Morgan fingerprint density at radius 3 is 2.83 bits per heavy atom. The molecular formula is C21H18N8O8S4. The monoisotopic (exact) mass is 638 g/mol. The molecule has 6 N–H and O–H groups in total. The lowest BCUT2D eigenvalue weighted by Crippen LogP contribution is -2.73. The molecule has 0 radical (unpaired) electrons. The predicted molar refractivity (Wildman–Crippen MR) is 148 cm³/mol. The molecule has 0 aromatic carbocycles. The van der Waals surface area contributed by atoms with Gasteiger partial charge in [-0.25, -0.2) is 9.78 Å². The summed E-state index contributed by atoms with van der Waals surface area (Å²) >= 11 is 4.85. The third kappa shape index (κ3) is 5.85. The second-order valence-corrected chi connectivity index (χ2v) is 12.3. The van der Waals surface area contributed by atoms with Crippen LogP contribution in [-0.2, 0) is 25.8 Å². The number of carbonyl (C=O) groups excluding carboxylic acids is 2. The quantitative estimate of drug-likeness (QED) is 0.0653. The highest BCUT2D eigenvalue weighted by Gasteiger charge is 2.54. The van der Waals surface area contributed by atoms with E-state index in [0.717, 1.165) is 27.8 Å². The fourth-order valence-electron chi connectivity index (χ4n) is 3.86. The molecule has 2 amide bonds. The summed E-state index contributed by atoms with van der Waals surface area (Å²) in [5.41, 5.74) is 4.42. The molecule has 0 unspecified atom stereocenters. The molecule has 2 aliphatic heterocycles. The van der Waals surface area contributed by atoms with Gasteiger partial charge in [-0.3, -0.25) is 19.3 Å². The highest BCUT2D eigenvalue weighted by atomic mass is 32.2. The van der Waals surface area contributed by atoms with Crippen LogP contribution in [0, 0.1) is 0 Å². The van der Waals surface area contributed by atoms with Crippen molar-refractivity contribution in [2.75, 3.05) is 17.2 Å². The largest absolute Gasteiger partial charge is 0.503 e. The summed E-state index contributed by atoms with van der Waals surface area (Å²) < 4.78 is 5.04. The van der Waals surface area contributed by atoms with Crippen molar-refractivity contribution in [1.29, 1.82) is 0 Å². The van der Waals surface area contributed by atoms with E-state index in [-0.39, 0.29) is 27.9 Å². The topological polar surface area (TPSA) is 235 Å². The van der Waals surface area contributed by atoms with Crippen molar-refractivity contribution >= 4 is 75.0 Å². The summed E-state index contributed by atoms with van der Waals surface area (Å²) in [6.45, 7) is -0.469. The van der Waals surface area contributed by atoms with E-state index in [9.17, 15) is 34.6 Å². The Morgan fingerprint density at radius 2 is 2.15 bits per heavy atom. The first-order valence-corrected chi connectivity index (χ1v) is 14.9. The van der Waals surface area contributed by atoms with Crippen LogP contribution in [0.4, 0.5) is 5.13 Å². The molecule has 1 saturated heterocycles. The van der Waals surface area contributed by atoms with Crippen molar-refractivity contribution < 1.29 is 34.6 Å². The summed E-state index contributed by atoms with van der Waals surface area (Å²) in [7, 11) is 0. The van der Waals surface area contributed by atoms with Crippen LogP contribution in [0.2, 0.25) is 0 Å². The van der Waals surface area contributed by atoms with Crippen LogP contribution < -0.4 is 16.5 Å². The summed E-state index contributed by atoms with van der Waals surface area (Å²) in [5, 5.41) is 40.8. The van der Waals surface area contributed by atoms with Gasteiger partial charge in [0.1, 0.15) is 27.3 Å². The second-order valence-electron chi connectivity index (χ2n) is 8.28. The highest BCUT2D eigenvalue weighted by Crippen LogP contribution is 2.41. The summed E-state index contributed by atoms with van der Waals surface area (Å²) in [4.78, 5) is 61.0. The molecule has 0 aliphatic carbocycles. The van der Waals surface area contributed by atoms with Crippen LogP contribution in [0.5, 0.6) is 5.75 Å². The van der Waals surface area contributed by atoms with Crippen LogP contribution in [0.3, 0.4) is 0 Å². The third-order valence-electron chi connectivity index (χ3n) is 5.77. The molecule has 3 aromatic heterocycles. The molecule has 0 spiro atoms. The molecule has 41 heavy (non-hydrogen) atoms. The van der Waals surface area contributed by atoms with Gasteiger partial charge >= 0.3 is 5.97 Å². The molecule has 5 rings (SSSR count). The number of thiazole rings is 1. The van der Waals surface area contributed by atoms with E-state index in [1.54, 1.807) is 6.20 Å². The number of aliphatic carboxylic acids is 1. The number of nitrogen functional groups attached to an aromatic ring is 1. The van der Waals surface area contributed by atoms with E-state index in [2.05, 4.69) is 25.0 Å². The van der Waals surface area contributed by atoms with Gasteiger partial charge in [0.2, 0.25) is 5.43 Å². The van der Waals surface area contributed by atoms with Crippen molar-refractivity contribution in [1.82, 2.24) is 29.5 Å². The number of oxime groups is 1. The SMILES string of the molecule is Nc1nc(/C(=N/OCc2cc(=O)c(O)cn2O)C(=O)N[C@@H]2C(=O)N3C(C(=O)O)=C(CSc4cnns4)SC[C@H]23)cs1. The van der Waals surface area contributed by atoms with E-state index < -0.39 is 47.7 Å². The first kappa shape index (κ1) is 28.4. The van der Waals surface area contributed by atoms with E-state index >= 15 is 0 Å². The summed E-state index contributed by atoms with van der Waals surface area (Å²) in [6.07, 6.45) is 2.34. The molecule has 1 fully saturated rings. The van der Waals surface area contributed by atoms with Gasteiger partial charge in [-0.15, -0.1) is 40.0 Å². The number of aromatic nitrogens is 4. The highest BCUT2D eigenvalue weighted by molar-refractivity contribution is 8.06. The van der Waals surface area contributed by atoms with E-state index in [1.165, 1.54) is 45.3 Å². The maximum atomic E-state index is 13.2. The number of anilines is 1. The number of amides is 2. The number of nitrogens with one attached hydrogen (secondary N) is 1. The Labute approximate surface area is 245 Å². The molecule has 2 aliphatic rings. The number of carboxylic acid groups (broad SMARTS) is 1. The first-order valence-electron chi connectivity index (χ1n) is 11.3. The number of rotatable bonds is 10. The van der Waals surface area contributed by atoms with Gasteiger partial charge in [-0.1, -0.05) is 9.64 Å². The number of aromatic hydroxyl groups is 1.